The maximum Gasteiger partial charge on any atom is 0.236 e. The monoisotopic (exact) mass is 314 g/mol. The van der Waals surface area contributed by atoms with Crippen molar-refractivity contribution < 1.29 is 14.6 Å². The highest BCUT2D eigenvalue weighted by molar-refractivity contribution is 6.18. The molecule has 1 heterocycles. The van der Waals surface area contributed by atoms with E-state index in [2.05, 4.69) is 0 Å². The molecule has 0 unspecified atom stereocenters. The maximum atomic E-state index is 12.9. The van der Waals surface area contributed by atoms with Crippen LogP contribution in [0.4, 0.5) is 0 Å². The number of rotatable bonds is 2. The molecule has 0 bridgehead atoms. The Bertz CT molecular complexity index is 900. The molecule has 0 fully saturated rings. The number of phenols is 1. The van der Waals surface area contributed by atoms with Crippen LogP contribution in [0, 0.1) is 0 Å². The predicted octanol–water partition coefficient (Wildman–Crippen LogP) is 4.43. The van der Waals surface area contributed by atoms with Crippen molar-refractivity contribution in [2.24, 2.45) is 0 Å². The molecule has 3 heteroatoms. The van der Waals surface area contributed by atoms with E-state index in [1.54, 1.807) is 12.1 Å². The van der Waals surface area contributed by atoms with Gasteiger partial charge in [-0.05, 0) is 23.3 Å². The summed E-state index contributed by atoms with van der Waals surface area (Å²) in [5.74, 6) is 0.266. The van der Waals surface area contributed by atoms with Crippen molar-refractivity contribution in [1.82, 2.24) is 0 Å². The van der Waals surface area contributed by atoms with E-state index in [1.807, 2.05) is 60.7 Å². The van der Waals surface area contributed by atoms with Gasteiger partial charge in [-0.1, -0.05) is 66.7 Å². The Balaban J connectivity index is 1.97. The lowest BCUT2D eigenvalue weighted by Gasteiger charge is -2.11. The quantitative estimate of drug-likeness (QED) is 0.712. The molecule has 1 aliphatic heterocycles. The number of fused-ring (bicyclic) bond motifs is 1. The fourth-order valence-corrected chi connectivity index (χ4v) is 2.91. The Morgan fingerprint density at radius 1 is 0.750 bits per heavy atom. The van der Waals surface area contributed by atoms with E-state index >= 15 is 0 Å². The number of Topliss-reactive ketones (excluding diaryl/α,β-unsaturated/α-hetero) is 1. The number of allylic oxidation sites excluding steroid dienone is 1. The zero-order valence-electron chi connectivity index (χ0n) is 12.8. The summed E-state index contributed by atoms with van der Waals surface area (Å²) in [6.07, 6.45) is 0. The van der Waals surface area contributed by atoms with Crippen LogP contribution in [0.5, 0.6) is 11.5 Å². The predicted molar refractivity (Wildman–Crippen MR) is 92.0 cm³/mol. The largest absolute Gasteiger partial charge is 0.507 e. The van der Waals surface area contributed by atoms with Crippen molar-refractivity contribution in [2.75, 3.05) is 0 Å². The number of phenolic OH excluding ortho intramolecular Hbond substituents is 1. The van der Waals surface area contributed by atoms with Crippen LogP contribution in [0.15, 0.2) is 84.6 Å². The molecular formula is C21H14O3. The van der Waals surface area contributed by atoms with Crippen LogP contribution in [-0.4, -0.2) is 10.9 Å². The number of carbonyl (C=O) groups is 1. The first-order valence-corrected chi connectivity index (χ1v) is 7.65. The molecule has 0 aromatic heterocycles. The molecule has 0 saturated carbocycles. The summed E-state index contributed by atoms with van der Waals surface area (Å²) < 4.78 is 5.84. The third-order valence-corrected chi connectivity index (χ3v) is 4.00. The fourth-order valence-electron chi connectivity index (χ4n) is 2.91. The van der Waals surface area contributed by atoms with E-state index < -0.39 is 0 Å². The fraction of sp³-hybridized carbons (Fsp3) is 0. The van der Waals surface area contributed by atoms with Crippen LogP contribution < -0.4 is 4.74 Å². The molecule has 0 aliphatic carbocycles. The Labute approximate surface area is 139 Å². The van der Waals surface area contributed by atoms with Crippen LogP contribution in [0.2, 0.25) is 0 Å². The lowest BCUT2D eigenvalue weighted by molar-refractivity contribution is 0.101. The van der Waals surface area contributed by atoms with E-state index in [0.717, 1.165) is 16.7 Å². The van der Waals surface area contributed by atoms with Crippen LogP contribution in [-0.2, 0) is 0 Å². The Morgan fingerprint density at radius 3 is 1.88 bits per heavy atom. The van der Waals surface area contributed by atoms with Gasteiger partial charge in [-0.3, -0.25) is 4.79 Å². The number of ether oxygens (including phenoxy) is 1. The number of aromatic hydroxyl groups is 1. The number of benzene rings is 3. The van der Waals surface area contributed by atoms with Gasteiger partial charge in [0.15, 0.2) is 5.76 Å². The molecule has 3 aromatic carbocycles. The van der Waals surface area contributed by atoms with Crippen LogP contribution in [0.3, 0.4) is 0 Å². The van der Waals surface area contributed by atoms with Crippen molar-refractivity contribution in [1.29, 1.82) is 0 Å². The maximum absolute atomic E-state index is 12.9. The second-order valence-corrected chi connectivity index (χ2v) is 5.52. The Morgan fingerprint density at radius 2 is 1.33 bits per heavy atom. The molecule has 0 amide bonds. The number of hydrogen-bond donors (Lipinski definition) is 1. The SMILES string of the molecule is O=C1C(=C(c2ccccc2)c2ccccc2)Oc2cccc(O)c21. The lowest BCUT2D eigenvalue weighted by atomic mass is 9.94. The van der Waals surface area contributed by atoms with Gasteiger partial charge in [-0.25, -0.2) is 0 Å². The number of ketones is 1. The molecule has 1 aliphatic rings. The molecule has 0 spiro atoms. The van der Waals surface area contributed by atoms with E-state index in [1.165, 1.54) is 6.07 Å². The molecule has 0 radical (unpaired) electrons. The van der Waals surface area contributed by atoms with E-state index in [4.69, 9.17) is 4.74 Å². The second kappa shape index (κ2) is 5.70. The van der Waals surface area contributed by atoms with E-state index in [-0.39, 0.29) is 22.9 Å². The summed E-state index contributed by atoms with van der Waals surface area (Å²) >= 11 is 0. The van der Waals surface area contributed by atoms with Gasteiger partial charge in [-0.15, -0.1) is 0 Å². The molecule has 1 N–H and O–H groups in total. The summed E-state index contributed by atoms with van der Waals surface area (Å²) in [7, 11) is 0. The first kappa shape index (κ1) is 14.3. The zero-order valence-corrected chi connectivity index (χ0v) is 12.8. The molecule has 3 aromatic rings. The summed E-state index contributed by atoms with van der Waals surface area (Å²) in [4.78, 5) is 12.9. The molecule has 24 heavy (non-hydrogen) atoms. The van der Waals surface area contributed by atoms with Gasteiger partial charge in [0.05, 0.1) is 0 Å². The van der Waals surface area contributed by atoms with Gasteiger partial charge in [0.25, 0.3) is 0 Å². The highest BCUT2D eigenvalue weighted by atomic mass is 16.5. The highest BCUT2D eigenvalue weighted by Gasteiger charge is 2.33. The molecule has 0 atom stereocenters. The van der Waals surface area contributed by atoms with Gasteiger partial charge in [0.1, 0.15) is 17.1 Å². The lowest BCUT2D eigenvalue weighted by Crippen LogP contribution is -2.05. The Kier molecular flexibility index (Phi) is 3.39. The molecule has 3 nitrogen and oxygen atoms in total. The molecule has 0 saturated heterocycles. The third kappa shape index (κ3) is 2.27. The van der Waals surface area contributed by atoms with Gasteiger partial charge >= 0.3 is 0 Å². The standard InChI is InChI=1S/C21H14O3/c22-16-12-7-13-17-19(16)20(23)21(24-17)18(14-8-3-1-4-9-14)15-10-5-2-6-11-15/h1-13,22H. The molecular weight excluding hydrogens is 300 g/mol. The summed E-state index contributed by atoms with van der Waals surface area (Å²) in [6.45, 7) is 0. The van der Waals surface area contributed by atoms with Crippen molar-refractivity contribution in [3.63, 3.8) is 0 Å². The van der Waals surface area contributed by atoms with Crippen molar-refractivity contribution in [2.45, 2.75) is 0 Å². The van der Waals surface area contributed by atoms with Crippen LogP contribution in [0.1, 0.15) is 21.5 Å². The zero-order chi connectivity index (χ0) is 16.5. The van der Waals surface area contributed by atoms with Gasteiger partial charge in [-0.2, -0.15) is 0 Å². The van der Waals surface area contributed by atoms with Crippen LogP contribution >= 0.6 is 0 Å². The van der Waals surface area contributed by atoms with Crippen molar-refractivity contribution >= 4 is 11.4 Å². The summed E-state index contributed by atoms with van der Waals surface area (Å²) in [6, 6.07) is 24.1. The first-order chi connectivity index (χ1) is 11.8. The van der Waals surface area contributed by atoms with Crippen LogP contribution in [0.25, 0.3) is 5.57 Å². The normalized spacial score (nSPS) is 12.7. The number of hydrogen-bond acceptors (Lipinski definition) is 3. The Hall–Kier alpha value is -3.33. The van der Waals surface area contributed by atoms with E-state index in [9.17, 15) is 9.90 Å². The highest BCUT2D eigenvalue weighted by Crippen LogP contribution is 2.40. The van der Waals surface area contributed by atoms with Crippen molar-refractivity contribution in [3.05, 3.63) is 101 Å². The third-order valence-electron chi connectivity index (χ3n) is 4.00. The van der Waals surface area contributed by atoms with Gasteiger partial charge in [0, 0.05) is 5.57 Å². The molecule has 116 valence electrons. The van der Waals surface area contributed by atoms with Crippen molar-refractivity contribution in [3.8, 4) is 11.5 Å². The minimum absolute atomic E-state index is 0.0621. The van der Waals surface area contributed by atoms with Gasteiger partial charge in [0.2, 0.25) is 5.78 Å². The average molecular weight is 314 g/mol. The average Bonchev–Trinajstić information content (AvgIpc) is 2.95. The summed E-state index contributed by atoms with van der Waals surface area (Å²) in [5, 5.41) is 10.0. The second-order valence-electron chi connectivity index (χ2n) is 5.52. The molecule has 4 rings (SSSR count). The topological polar surface area (TPSA) is 46.5 Å². The first-order valence-electron chi connectivity index (χ1n) is 7.65. The smallest absolute Gasteiger partial charge is 0.236 e. The minimum atomic E-state index is -0.300. The van der Waals surface area contributed by atoms with Gasteiger partial charge < -0.3 is 9.84 Å². The van der Waals surface area contributed by atoms with E-state index in [0.29, 0.717) is 5.75 Å². The summed E-state index contributed by atoms with van der Waals surface area (Å²) in [5.41, 5.74) is 2.72. The minimum Gasteiger partial charge on any atom is -0.507 e. The number of carbonyl (C=O) groups excluding carboxylic acids is 1.